The van der Waals surface area contributed by atoms with Crippen LogP contribution in [0.3, 0.4) is 0 Å². The quantitative estimate of drug-likeness (QED) is 0.772. The van der Waals surface area contributed by atoms with E-state index in [0.717, 1.165) is 13.0 Å². The molecule has 0 radical (unpaired) electrons. The van der Waals surface area contributed by atoms with Crippen molar-refractivity contribution in [1.29, 1.82) is 5.26 Å². The van der Waals surface area contributed by atoms with Crippen molar-refractivity contribution in [3.8, 4) is 6.07 Å². The molecule has 3 unspecified atom stereocenters. The molecule has 0 spiro atoms. The second-order valence-corrected chi connectivity index (χ2v) is 5.27. The van der Waals surface area contributed by atoms with Gasteiger partial charge in [-0.05, 0) is 26.9 Å². The first-order valence-electron chi connectivity index (χ1n) is 6.52. The van der Waals surface area contributed by atoms with Crippen LogP contribution in [0.4, 0.5) is 0 Å². The summed E-state index contributed by atoms with van der Waals surface area (Å²) >= 11 is 0. The molecule has 0 aromatic rings. The normalized spacial score (nSPS) is 25.2. The second kappa shape index (κ2) is 6.72. The molecule has 1 saturated heterocycles. The topological polar surface area (TPSA) is 67.6 Å². The van der Waals surface area contributed by atoms with Gasteiger partial charge in [-0.3, -0.25) is 4.79 Å². The molecule has 1 heterocycles. The van der Waals surface area contributed by atoms with Crippen LogP contribution < -0.4 is 0 Å². The smallest absolute Gasteiger partial charge is 0.240 e. The number of β-amino-alcohol motifs (C(OH)–C–C–N with tert-alkyl or cyclic N) is 1. The summed E-state index contributed by atoms with van der Waals surface area (Å²) in [6.45, 7) is 3.06. The van der Waals surface area contributed by atoms with Gasteiger partial charge < -0.3 is 14.9 Å². The molecule has 0 aromatic carbocycles. The molecule has 1 aliphatic rings. The number of aliphatic hydroxyl groups is 1. The van der Waals surface area contributed by atoms with Crippen molar-refractivity contribution >= 4 is 5.91 Å². The lowest BCUT2D eigenvalue weighted by atomic mass is 10.0. The van der Waals surface area contributed by atoms with Crippen LogP contribution in [0.1, 0.15) is 26.2 Å². The maximum Gasteiger partial charge on any atom is 0.240 e. The predicted molar refractivity (Wildman–Crippen MR) is 68.7 cm³/mol. The Hall–Kier alpha value is -1.12. The highest BCUT2D eigenvalue weighted by Crippen LogP contribution is 2.22. The van der Waals surface area contributed by atoms with Gasteiger partial charge in [0.25, 0.3) is 0 Å². The van der Waals surface area contributed by atoms with Gasteiger partial charge in [0.05, 0.1) is 12.2 Å². The van der Waals surface area contributed by atoms with Gasteiger partial charge in [-0.25, -0.2) is 0 Å². The van der Waals surface area contributed by atoms with Gasteiger partial charge >= 0.3 is 0 Å². The summed E-state index contributed by atoms with van der Waals surface area (Å²) in [6, 6.07) is 2.11. The van der Waals surface area contributed by atoms with Gasteiger partial charge in [-0.1, -0.05) is 13.3 Å². The Morgan fingerprint density at radius 3 is 2.78 bits per heavy atom. The highest BCUT2D eigenvalue weighted by atomic mass is 16.3. The number of nitriles is 1. The van der Waals surface area contributed by atoms with E-state index in [0.29, 0.717) is 19.4 Å². The summed E-state index contributed by atoms with van der Waals surface area (Å²) in [6.07, 6.45) is 1.56. The molecular weight excluding hydrogens is 230 g/mol. The molecule has 3 atom stereocenters. The fourth-order valence-electron chi connectivity index (χ4n) is 2.49. The minimum atomic E-state index is -0.565. The number of aliphatic hydroxyl groups excluding tert-OH is 1. The number of carbonyl (C=O) groups excluding carboxylic acids is 1. The summed E-state index contributed by atoms with van der Waals surface area (Å²) in [7, 11) is 3.89. The Kier molecular flexibility index (Phi) is 5.57. The van der Waals surface area contributed by atoms with E-state index in [1.807, 2.05) is 25.9 Å². The van der Waals surface area contributed by atoms with Crippen molar-refractivity contribution in [3.63, 3.8) is 0 Å². The SMILES string of the molecule is CCCC(C#N)C(=O)N1CC(O)CC1CN(C)C. The molecule has 102 valence electrons. The fourth-order valence-corrected chi connectivity index (χ4v) is 2.49. The minimum absolute atomic E-state index is 0.0233. The van der Waals surface area contributed by atoms with Gasteiger partial charge in [0, 0.05) is 19.1 Å². The minimum Gasteiger partial charge on any atom is -0.391 e. The van der Waals surface area contributed by atoms with E-state index in [2.05, 4.69) is 6.07 Å². The van der Waals surface area contributed by atoms with E-state index < -0.39 is 12.0 Å². The zero-order chi connectivity index (χ0) is 13.7. The zero-order valence-corrected chi connectivity index (χ0v) is 11.5. The van der Waals surface area contributed by atoms with Crippen molar-refractivity contribution in [2.75, 3.05) is 27.2 Å². The number of hydrogen-bond acceptors (Lipinski definition) is 4. The van der Waals surface area contributed by atoms with Gasteiger partial charge in [-0.15, -0.1) is 0 Å². The predicted octanol–water partition coefficient (Wildman–Crippen LogP) is 0.450. The van der Waals surface area contributed by atoms with Crippen molar-refractivity contribution in [1.82, 2.24) is 9.80 Å². The molecule has 0 aliphatic carbocycles. The second-order valence-electron chi connectivity index (χ2n) is 5.27. The largest absolute Gasteiger partial charge is 0.391 e. The van der Waals surface area contributed by atoms with Crippen LogP contribution in [0.15, 0.2) is 0 Å². The summed E-state index contributed by atoms with van der Waals surface area (Å²) in [5.41, 5.74) is 0. The summed E-state index contributed by atoms with van der Waals surface area (Å²) < 4.78 is 0. The van der Waals surface area contributed by atoms with Crippen LogP contribution in [-0.2, 0) is 4.79 Å². The first-order chi connectivity index (χ1) is 8.49. The number of carbonyl (C=O) groups is 1. The van der Waals surface area contributed by atoms with E-state index in [4.69, 9.17) is 5.26 Å². The van der Waals surface area contributed by atoms with Gasteiger partial charge in [0.2, 0.25) is 5.91 Å². The molecule has 1 fully saturated rings. The Morgan fingerprint density at radius 1 is 1.61 bits per heavy atom. The van der Waals surface area contributed by atoms with Crippen LogP contribution in [0, 0.1) is 17.2 Å². The van der Waals surface area contributed by atoms with Crippen LogP contribution in [-0.4, -0.2) is 60.1 Å². The molecule has 1 amide bonds. The molecule has 1 rings (SSSR count). The number of amides is 1. The third kappa shape index (κ3) is 3.69. The highest BCUT2D eigenvalue weighted by molar-refractivity contribution is 5.81. The average molecular weight is 253 g/mol. The van der Waals surface area contributed by atoms with Crippen LogP contribution in [0.5, 0.6) is 0 Å². The standard InChI is InChI=1S/C13H23N3O2/c1-4-5-10(7-14)13(18)16-9-12(17)6-11(16)8-15(2)3/h10-12,17H,4-6,8-9H2,1-3H3. The molecule has 5 nitrogen and oxygen atoms in total. The van der Waals surface area contributed by atoms with Gasteiger partial charge in [-0.2, -0.15) is 5.26 Å². The van der Waals surface area contributed by atoms with E-state index in [1.165, 1.54) is 0 Å². The number of likely N-dealkylation sites (N-methyl/N-ethyl adjacent to an activating group) is 1. The summed E-state index contributed by atoms with van der Waals surface area (Å²) in [4.78, 5) is 16.0. The molecule has 18 heavy (non-hydrogen) atoms. The lowest BCUT2D eigenvalue weighted by Gasteiger charge is -2.28. The Balaban J connectivity index is 2.72. The maximum absolute atomic E-state index is 12.3. The Morgan fingerprint density at radius 2 is 2.28 bits per heavy atom. The molecule has 1 N–H and O–H groups in total. The van der Waals surface area contributed by atoms with E-state index in [1.54, 1.807) is 4.90 Å². The third-order valence-corrected chi connectivity index (χ3v) is 3.28. The molecule has 0 bridgehead atoms. The summed E-state index contributed by atoms with van der Waals surface area (Å²) in [5.74, 6) is -0.687. The molecule has 1 aliphatic heterocycles. The highest BCUT2D eigenvalue weighted by Gasteiger charge is 2.37. The lowest BCUT2D eigenvalue weighted by molar-refractivity contribution is -0.135. The molecule has 0 saturated carbocycles. The van der Waals surface area contributed by atoms with Crippen LogP contribution >= 0.6 is 0 Å². The van der Waals surface area contributed by atoms with Crippen LogP contribution in [0.2, 0.25) is 0 Å². The monoisotopic (exact) mass is 253 g/mol. The Bertz CT molecular complexity index is 325. The van der Waals surface area contributed by atoms with Gasteiger partial charge in [0.1, 0.15) is 5.92 Å². The van der Waals surface area contributed by atoms with E-state index >= 15 is 0 Å². The summed E-state index contributed by atoms with van der Waals surface area (Å²) in [5, 5.41) is 18.8. The van der Waals surface area contributed by atoms with Crippen molar-refractivity contribution < 1.29 is 9.90 Å². The fraction of sp³-hybridized carbons (Fsp3) is 0.846. The number of hydrogen-bond donors (Lipinski definition) is 1. The number of rotatable bonds is 5. The number of likely N-dealkylation sites (tertiary alicyclic amines) is 1. The zero-order valence-electron chi connectivity index (χ0n) is 11.5. The van der Waals surface area contributed by atoms with Gasteiger partial charge in [0.15, 0.2) is 0 Å². The number of nitrogens with zero attached hydrogens (tertiary/aromatic N) is 3. The molecule has 5 heteroatoms. The van der Waals surface area contributed by atoms with Crippen molar-refractivity contribution in [3.05, 3.63) is 0 Å². The van der Waals surface area contributed by atoms with Crippen LogP contribution in [0.25, 0.3) is 0 Å². The first-order valence-corrected chi connectivity index (χ1v) is 6.52. The average Bonchev–Trinajstić information content (AvgIpc) is 2.65. The molecular formula is C13H23N3O2. The van der Waals surface area contributed by atoms with Crippen molar-refractivity contribution in [2.24, 2.45) is 5.92 Å². The van der Waals surface area contributed by atoms with E-state index in [-0.39, 0.29) is 11.9 Å². The lowest BCUT2D eigenvalue weighted by Crippen LogP contribution is -2.44. The van der Waals surface area contributed by atoms with Crippen molar-refractivity contribution in [2.45, 2.75) is 38.3 Å². The van der Waals surface area contributed by atoms with E-state index in [9.17, 15) is 9.90 Å². The first kappa shape index (κ1) is 14.9. The third-order valence-electron chi connectivity index (χ3n) is 3.28. The Labute approximate surface area is 109 Å². The molecule has 0 aromatic heterocycles. The maximum atomic E-state index is 12.3.